The van der Waals surface area contributed by atoms with Crippen molar-refractivity contribution >= 4 is 45.4 Å². The molecule has 1 aliphatic rings. The Hall–Kier alpha value is -1.28. The molecular weight excluding hydrogens is 351 g/mol. The molecule has 108 valence electrons. The van der Waals surface area contributed by atoms with Crippen LogP contribution in [0.15, 0.2) is 22.7 Å². The molecule has 2 amide bonds. The van der Waals surface area contributed by atoms with Crippen molar-refractivity contribution in [3.8, 4) is 0 Å². The number of thioether (sulfide) groups is 1. The third-order valence-electron chi connectivity index (χ3n) is 2.92. The van der Waals surface area contributed by atoms with Gasteiger partial charge in [0.25, 0.3) is 0 Å². The summed E-state index contributed by atoms with van der Waals surface area (Å²) in [4.78, 5) is 24.6. The first kappa shape index (κ1) is 15.1. The second-order valence-corrected chi connectivity index (χ2v) is 6.45. The topological polar surface area (TPSA) is 69.6 Å². The first-order valence-electron chi connectivity index (χ1n) is 5.79. The highest BCUT2D eigenvalue weighted by Gasteiger charge is 2.39. The fourth-order valence-corrected chi connectivity index (χ4v) is 3.53. The minimum atomic E-state index is -1.03. The maximum Gasteiger partial charge on any atom is 0.327 e. The molecule has 0 saturated carbocycles. The van der Waals surface area contributed by atoms with Crippen molar-refractivity contribution < 1.29 is 19.1 Å². The SMILES string of the molecule is CC1SCC(C(=O)O)N1C(=O)Nc1ccc(F)cc1Br. The van der Waals surface area contributed by atoms with E-state index in [2.05, 4.69) is 21.2 Å². The summed E-state index contributed by atoms with van der Waals surface area (Å²) in [6.07, 6.45) is 0. The summed E-state index contributed by atoms with van der Waals surface area (Å²) in [6.45, 7) is 1.77. The number of nitrogens with one attached hydrogen (secondary N) is 1. The van der Waals surface area contributed by atoms with E-state index < -0.39 is 23.9 Å². The van der Waals surface area contributed by atoms with E-state index in [1.165, 1.54) is 34.9 Å². The first-order chi connectivity index (χ1) is 9.40. The number of rotatable bonds is 2. The molecule has 1 heterocycles. The number of carboxylic acids is 1. The third kappa shape index (κ3) is 3.06. The van der Waals surface area contributed by atoms with Crippen LogP contribution in [-0.4, -0.2) is 39.2 Å². The number of anilines is 1. The lowest BCUT2D eigenvalue weighted by molar-refractivity contribution is -0.141. The minimum absolute atomic E-state index is 0.227. The fraction of sp³-hybridized carbons (Fsp3) is 0.333. The highest BCUT2D eigenvalue weighted by atomic mass is 79.9. The van der Waals surface area contributed by atoms with Crippen molar-refractivity contribution in [1.82, 2.24) is 4.90 Å². The van der Waals surface area contributed by atoms with Crippen LogP contribution in [0, 0.1) is 5.82 Å². The van der Waals surface area contributed by atoms with Gasteiger partial charge in [-0.2, -0.15) is 0 Å². The fourth-order valence-electron chi connectivity index (χ4n) is 1.91. The van der Waals surface area contributed by atoms with Gasteiger partial charge in [-0.3, -0.25) is 4.90 Å². The number of amides is 2. The predicted molar refractivity (Wildman–Crippen MR) is 78.3 cm³/mol. The quantitative estimate of drug-likeness (QED) is 0.848. The van der Waals surface area contributed by atoms with Crippen LogP contribution in [0.1, 0.15) is 6.92 Å². The van der Waals surface area contributed by atoms with Crippen molar-refractivity contribution in [2.24, 2.45) is 0 Å². The Morgan fingerprint density at radius 2 is 2.25 bits per heavy atom. The lowest BCUT2D eigenvalue weighted by Crippen LogP contribution is -2.46. The van der Waals surface area contributed by atoms with Gasteiger partial charge in [-0.1, -0.05) is 0 Å². The summed E-state index contributed by atoms with van der Waals surface area (Å²) >= 11 is 4.55. The van der Waals surface area contributed by atoms with Gasteiger partial charge in [0.2, 0.25) is 0 Å². The molecule has 1 aromatic carbocycles. The Morgan fingerprint density at radius 3 is 2.85 bits per heavy atom. The highest BCUT2D eigenvalue weighted by Crippen LogP contribution is 2.30. The summed E-state index contributed by atoms with van der Waals surface area (Å²) in [7, 11) is 0. The van der Waals surface area contributed by atoms with E-state index in [0.717, 1.165) is 0 Å². The summed E-state index contributed by atoms with van der Waals surface area (Å²) in [5, 5.41) is 11.5. The van der Waals surface area contributed by atoms with Crippen LogP contribution < -0.4 is 5.32 Å². The van der Waals surface area contributed by atoms with Gasteiger partial charge < -0.3 is 10.4 Å². The molecule has 2 N–H and O–H groups in total. The average Bonchev–Trinajstić information content (AvgIpc) is 2.75. The number of carbonyl (C=O) groups excluding carboxylic acids is 1. The molecule has 20 heavy (non-hydrogen) atoms. The molecule has 0 spiro atoms. The molecule has 1 aliphatic heterocycles. The summed E-state index contributed by atoms with van der Waals surface area (Å²) in [5.74, 6) is -1.10. The standard InChI is InChI=1S/C12H12BrFN2O3S/c1-6-16(10(5-20-6)11(17)18)12(19)15-9-3-2-7(14)4-8(9)13/h2-4,6,10H,5H2,1H3,(H,15,19)(H,17,18). The van der Waals surface area contributed by atoms with Crippen LogP contribution in [0.25, 0.3) is 0 Å². The second-order valence-electron chi connectivity index (χ2n) is 4.25. The third-order valence-corrected chi connectivity index (χ3v) is 4.79. The van der Waals surface area contributed by atoms with Crippen molar-refractivity contribution in [2.75, 3.05) is 11.1 Å². The number of halogens is 2. The van der Waals surface area contributed by atoms with E-state index >= 15 is 0 Å². The van der Waals surface area contributed by atoms with Gasteiger partial charge in [-0.15, -0.1) is 11.8 Å². The lowest BCUT2D eigenvalue weighted by atomic mass is 10.3. The Bertz CT molecular complexity index is 558. The zero-order chi connectivity index (χ0) is 14.9. The van der Waals surface area contributed by atoms with Gasteiger partial charge in [0.05, 0.1) is 11.1 Å². The summed E-state index contributed by atoms with van der Waals surface area (Å²) < 4.78 is 13.4. The molecule has 0 bridgehead atoms. The van der Waals surface area contributed by atoms with Gasteiger partial charge in [-0.05, 0) is 41.1 Å². The molecule has 2 unspecified atom stereocenters. The zero-order valence-electron chi connectivity index (χ0n) is 10.5. The van der Waals surface area contributed by atoms with E-state index in [1.54, 1.807) is 6.92 Å². The maximum atomic E-state index is 13.0. The van der Waals surface area contributed by atoms with Crippen LogP contribution in [0.5, 0.6) is 0 Å². The first-order valence-corrected chi connectivity index (χ1v) is 7.63. The molecule has 1 fully saturated rings. The van der Waals surface area contributed by atoms with E-state index in [1.807, 2.05) is 0 Å². The van der Waals surface area contributed by atoms with E-state index in [-0.39, 0.29) is 5.37 Å². The average molecular weight is 363 g/mol. The molecule has 0 radical (unpaired) electrons. The number of hydrogen-bond acceptors (Lipinski definition) is 3. The molecular formula is C12H12BrFN2O3S. The molecule has 2 atom stereocenters. The monoisotopic (exact) mass is 362 g/mol. The van der Waals surface area contributed by atoms with Gasteiger partial charge >= 0.3 is 12.0 Å². The number of benzene rings is 1. The molecule has 1 saturated heterocycles. The van der Waals surface area contributed by atoms with Crippen LogP contribution in [0.3, 0.4) is 0 Å². The number of carboxylic acid groups (broad SMARTS) is 1. The maximum absolute atomic E-state index is 13.0. The number of carbonyl (C=O) groups is 2. The van der Waals surface area contributed by atoms with E-state index in [0.29, 0.717) is 15.9 Å². The largest absolute Gasteiger partial charge is 0.480 e. The molecule has 0 aromatic heterocycles. The molecule has 0 aliphatic carbocycles. The minimum Gasteiger partial charge on any atom is -0.480 e. The van der Waals surface area contributed by atoms with Gasteiger partial charge in [0, 0.05) is 10.2 Å². The van der Waals surface area contributed by atoms with Crippen LogP contribution in [0.4, 0.5) is 14.9 Å². The van der Waals surface area contributed by atoms with Crippen molar-refractivity contribution in [3.05, 3.63) is 28.5 Å². The summed E-state index contributed by atoms with van der Waals surface area (Å²) in [6, 6.07) is 2.50. The van der Waals surface area contributed by atoms with Crippen LogP contribution >= 0.6 is 27.7 Å². The van der Waals surface area contributed by atoms with Crippen molar-refractivity contribution in [1.29, 1.82) is 0 Å². The Labute approximate surface area is 127 Å². The molecule has 2 rings (SSSR count). The van der Waals surface area contributed by atoms with Gasteiger partial charge in [-0.25, -0.2) is 14.0 Å². The van der Waals surface area contributed by atoms with E-state index in [9.17, 15) is 14.0 Å². The molecule has 8 heteroatoms. The zero-order valence-corrected chi connectivity index (χ0v) is 12.9. The predicted octanol–water partition coefficient (Wildman–Crippen LogP) is 2.97. The van der Waals surface area contributed by atoms with E-state index in [4.69, 9.17) is 5.11 Å². The Morgan fingerprint density at radius 1 is 1.55 bits per heavy atom. The van der Waals surface area contributed by atoms with Crippen molar-refractivity contribution in [2.45, 2.75) is 18.3 Å². The molecule has 5 nitrogen and oxygen atoms in total. The lowest BCUT2D eigenvalue weighted by Gasteiger charge is -2.25. The van der Waals surface area contributed by atoms with Gasteiger partial charge in [0.1, 0.15) is 11.9 Å². The summed E-state index contributed by atoms with van der Waals surface area (Å²) in [5.41, 5.74) is 0.393. The van der Waals surface area contributed by atoms with Crippen LogP contribution in [-0.2, 0) is 4.79 Å². The number of aliphatic carboxylic acids is 1. The number of hydrogen-bond donors (Lipinski definition) is 2. The van der Waals surface area contributed by atoms with Crippen LogP contribution in [0.2, 0.25) is 0 Å². The molecule has 1 aromatic rings. The van der Waals surface area contributed by atoms with Crippen molar-refractivity contribution in [3.63, 3.8) is 0 Å². The van der Waals surface area contributed by atoms with Gasteiger partial charge in [0.15, 0.2) is 0 Å². The highest BCUT2D eigenvalue weighted by molar-refractivity contribution is 9.10. The number of nitrogens with zero attached hydrogens (tertiary/aromatic N) is 1. The smallest absolute Gasteiger partial charge is 0.327 e. The normalized spacial score (nSPS) is 21.9. The second kappa shape index (κ2) is 6.01. The Balaban J connectivity index is 2.16. The number of urea groups is 1. The Kier molecular flexibility index (Phi) is 4.54.